The zero-order chi connectivity index (χ0) is 15.0. The molecule has 0 atom stereocenters. The van der Waals surface area contributed by atoms with Crippen LogP contribution < -0.4 is 5.32 Å². The van der Waals surface area contributed by atoms with E-state index in [1.807, 2.05) is 0 Å². The van der Waals surface area contributed by atoms with Gasteiger partial charge in [0, 0.05) is 13.6 Å². The number of hydrogen-bond acceptors (Lipinski definition) is 3. The molecule has 0 radical (unpaired) electrons. The third-order valence-electron chi connectivity index (χ3n) is 3.19. The van der Waals surface area contributed by atoms with Gasteiger partial charge in [-0.2, -0.15) is 17.5 Å². The largest absolute Gasteiger partial charge is 0.402 e. The molecule has 112 valence electrons. The van der Waals surface area contributed by atoms with Crippen molar-refractivity contribution in [2.45, 2.75) is 24.0 Å². The Bertz CT molecular complexity index is 599. The Hall–Kier alpha value is -1.12. The fourth-order valence-electron chi connectivity index (χ4n) is 2.24. The van der Waals surface area contributed by atoms with Crippen molar-refractivity contribution in [3.8, 4) is 0 Å². The van der Waals surface area contributed by atoms with E-state index in [0.717, 1.165) is 12.6 Å². The van der Waals surface area contributed by atoms with Crippen LogP contribution in [0.15, 0.2) is 23.1 Å². The summed E-state index contributed by atoms with van der Waals surface area (Å²) in [5, 5.41) is 3.10. The highest BCUT2D eigenvalue weighted by Crippen LogP contribution is 2.27. The van der Waals surface area contributed by atoms with Gasteiger partial charge < -0.3 is 5.32 Å². The van der Waals surface area contributed by atoms with Gasteiger partial charge in [-0.05, 0) is 30.2 Å². The lowest BCUT2D eigenvalue weighted by molar-refractivity contribution is -0.134. The maximum absolute atomic E-state index is 12.4. The van der Waals surface area contributed by atoms with E-state index in [1.54, 1.807) is 12.1 Å². The molecule has 1 aliphatic heterocycles. The summed E-state index contributed by atoms with van der Waals surface area (Å²) in [4.78, 5) is -0.0248. The van der Waals surface area contributed by atoms with Crippen LogP contribution in [0.5, 0.6) is 0 Å². The molecule has 0 amide bonds. The Labute approximate surface area is 115 Å². The summed E-state index contributed by atoms with van der Waals surface area (Å²) in [6, 6.07) is 4.71. The van der Waals surface area contributed by atoms with Crippen LogP contribution in [0.3, 0.4) is 0 Å². The number of nitrogens with zero attached hydrogens (tertiary/aromatic N) is 1. The highest BCUT2D eigenvalue weighted by atomic mass is 32.2. The van der Waals surface area contributed by atoms with Crippen molar-refractivity contribution >= 4 is 10.0 Å². The number of halogens is 3. The van der Waals surface area contributed by atoms with Crippen molar-refractivity contribution in [2.24, 2.45) is 0 Å². The summed E-state index contributed by atoms with van der Waals surface area (Å²) < 4.78 is 62.1. The standard InChI is InChI=1S/C12H15F3N2O2S/c1-17(8-12(13,14)15)20(18,19)11-4-2-3-9-7-16-6-5-10(9)11/h2-4,16H,5-8H2,1H3. The summed E-state index contributed by atoms with van der Waals surface area (Å²) in [7, 11) is -3.18. The van der Waals surface area contributed by atoms with Crippen molar-refractivity contribution in [3.05, 3.63) is 29.3 Å². The van der Waals surface area contributed by atoms with Crippen molar-refractivity contribution in [1.29, 1.82) is 0 Å². The van der Waals surface area contributed by atoms with E-state index in [2.05, 4.69) is 5.32 Å². The van der Waals surface area contributed by atoms with Gasteiger partial charge in [-0.25, -0.2) is 8.42 Å². The molecule has 8 heteroatoms. The Morgan fingerprint density at radius 1 is 1.35 bits per heavy atom. The van der Waals surface area contributed by atoms with Gasteiger partial charge in [-0.15, -0.1) is 0 Å². The molecule has 20 heavy (non-hydrogen) atoms. The van der Waals surface area contributed by atoms with Crippen LogP contribution in [-0.2, 0) is 23.0 Å². The quantitative estimate of drug-likeness (QED) is 0.921. The summed E-state index contributed by atoms with van der Waals surface area (Å²) in [5.41, 5.74) is 1.43. The Balaban J connectivity index is 2.40. The van der Waals surface area contributed by atoms with Gasteiger partial charge in [-0.1, -0.05) is 12.1 Å². The predicted octanol–water partition coefficient (Wildman–Crippen LogP) is 1.52. The number of alkyl halides is 3. The molecule has 0 spiro atoms. The van der Waals surface area contributed by atoms with Crippen LogP contribution in [0, 0.1) is 0 Å². The first kappa shape index (κ1) is 15.3. The monoisotopic (exact) mass is 308 g/mol. The van der Waals surface area contributed by atoms with E-state index < -0.39 is 22.7 Å². The fraction of sp³-hybridized carbons (Fsp3) is 0.500. The molecule has 1 N–H and O–H groups in total. The third-order valence-corrected chi connectivity index (χ3v) is 5.08. The van der Waals surface area contributed by atoms with Crippen molar-refractivity contribution in [3.63, 3.8) is 0 Å². The Morgan fingerprint density at radius 3 is 2.70 bits per heavy atom. The molecule has 0 saturated carbocycles. The first-order chi connectivity index (χ1) is 9.22. The second kappa shape index (κ2) is 5.34. The minimum absolute atomic E-state index is 0.0248. The van der Waals surface area contributed by atoms with Crippen LogP contribution in [0.4, 0.5) is 13.2 Å². The molecule has 0 aromatic heterocycles. The first-order valence-corrected chi connectivity index (χ1v) is 7.50. The topological polar surface area (TPSA) is 49.4 Å². The van der Waals surface area contributed by atoms with Crippen LogP contribution in [-0.4, -0.2) is 39.0 Å². The molecule has 1 aromatic rings. The average Bonchev–Trinajstić information content (AvgIpc) is 2.36. The number of hydrogen-bond donors (Lipinski definition) is 1. The van der Waals surface area contributed by atoms with E-state index >= 15 is 0 Å². The molecule has 2 rings (SSSR count). The van der Waals surface area contributed by atoms with Crippen molar-refractivity contribution in [1.82, 2.24) is 9.62 Å². The summed E-state index contributed by atoms with van der Waals surface area (Å²) in [5.74, 6) is 0. The summed E-state index contributed by atoms with van der Waals surface area (Å²) in [6.45, 7) is -0.346. The number of benzene rings is 1. The molecule has 4 nitrogen and oxygen atoms in total. The van der Waals surface area contributed by atoms with E-state index in [9.17, 15) is 21.6 Å². The third kappa shape index (κ3) is 3.13. The molecule has 1 aromatic carbocycles. The molecule has 0 saturated heterocycles. The summed E-state index contributed by atoms with van der Waals surface area (Å²) in [6.07, 6.45) is -4.07. The lowest BCUT2D eigenvalue weighted by Gasteiger charge is -2.24. The fourth-order valence-corrected chi connectivity index (χ4v) is 3.69. The molecular formula is C12H15F3N2O2S. The first-order valence-electron chi connectivity index (χ1n) is 6.06. The average molecular weight is 308 g/mol. The molecule has 0 fully saturated rings. The summed E-state index contributed by atoms with van der Waals surface area (Å²) >= 11 is 0. The van der Waals surface area contributed by atoms with E-state index in [4.69, 9.17) is 0 Å². The van der Waals surface area contributed by atoms with Gasteiger partial charge >= 0.3 is 6.18 Å². The SMILES string of the molecule is CN(CC(F)(F)F)S(=O)(=O)c1cccc2c1CCNC2. The molecular weight excluding hydrogens is 293 g/mol. The van der Waals surface area contributed by atoms with Gasteiger partial charge in [0.05, 0.1) is 4.90 Å². The van der Waals surface area contributed by atoms with Crippen LogP contribution >= 0.6 is 0 Å². The zero-order valence-corrected chi connectivity index (χ0v) is 11.7. The number of rotatable bonds is 3. The van der Waals surface area contributed by atoms with Crippen LogP contribution in [0.1, 0.15) is 11.1 Å². The minimum atomic E-state index is -4.56. The Kier molecular flexibility index (Phi) is 4.08. The second-order valence-corrected chi connectivity index (χ2v) is 6.71. The van der Waals surface area contributed by atoms with Crippen LogP contribution in [0.2, 0.25) is 0 Å². The highest BCUT2D eigenvalue weighted by molar-refractivity contribution is 7.89. The molecule has 0 unspecified atom stereocenters. The minimum Gasteiger partial charge on any atom is -0.312 e. The number of fused-ring (bicyclic) bond motifs is 1. The second-order valence-electron chi connectivity index (χ2n) is 4.70. The van der Waals surface area contributed by atoms with E-state index in [1.165, 1.54) is 6.07 Å². The van der Waals surface area contributed by atoms with Gasteiger partial charge in [-0.3, -0.25) is 0 Å². The predicted molar refractivity (Wildman–Crippen MR) is 67.7 cm³/mol. The van der Waals surface area contributed by atoms with E-state index in [-0.39, 0.29) is 4.90 Å². The maximum Gasteiger partial charge on any atom is 0.402 e. The number of nitrogens with one attached hydrogen (secondary N) is 1. The smallest absolute Gasteiger partial charge is 0.312 e. The van der Waals surface area contributed by atoms with Gasteiger partial charge in [0.25, 0.3) is 0 Å². The molecule has 1 aliphatic rings. The molecule has 1 heterocycles. The highest BCUT2D eigenvalue weighted by Gasteiger charge is 2.36. The normalized spacial score (nSPS) is 16.2. The lowest BCUT2D eigenvalue weighted by Crippen LogP contribution is -2.37. The zero-order valence-electron chi connectivity index (χ0n) is 10.9. The van der Waals surface area contributed by atoms with Crippen LogP contribution in [0.25, 0.3) is 0 Å². The molecule has 0 bridgehead atoms. The van der Waals surface area contributed by atoms with Gasteiger partial charge in [0.15, 0.2) is 0 Å². The number of sulfonamides is 1. The van der Waals surface area contributed by atoms with Crippen molar-refractivity contribution < 1.29 is 21.6 Å². The van der Waals surface area contributed by atoms with Gasteiger partial charge in [0.2, 0.25) is 10.0 Å². The maximum atomic E-state index is 12.4. The van der Waals surface area contributed by atoms with Crippen molar-refractivity contribution in [2.75, 3.05) is 20.1 Å². The van der Waals surface area contributed by atoms with Gasteiger partial charge in [0.1, 0.15) is 6.54 Å². The molecule has 0 aliphatic carbocycles. The lowest BCUT2D eigenvalue weighted by atomic mass is 10.0. The Morgan fingerprint density at radius 2 is 2.05 bits per heavy atom. The van der Waals surface area contributed by atoms with E-state index in [0.29, 0.717) is 29.4 Å².